The summed E-state index contributed by atoms with van der Waals surface area (Å²) in [5.74, 6) is 1.06. The van der Waals surface area contributed by atoms with Gasteiger partial charge >= 0.3 is 0 Å². The third-order valence-electron chi connectivity index (χ3n) is 2.94. The third kappa shape index (κ3) is 2.37. The molecule has 15 heavy (non-hydrogen) atoms. The molecule has 1 aliphatic rings. The highest BCUT2D eigenvalue weighted by atomic mass is 16.2. The van der Waals surface area contributed by atoms with Crippen LogP contribution in [0, 0.1) is 0 Å². The van der Waals surface area contributed by atoms with Crippen molar-refractivity contribution in [3.63, 3.8) is 0 Å². The van der Waals surface area contributed by atoms with E-state index in [1.807, 2.05) is 22.7 Å². The minimum Gasteiger partial charge on any atom is -0.342 e. The molecule has 0 N–H and O–H groups in total. The van der Waals surface area contributed by atoms with E-state index < -0.39 is 0 Å². The minimum atomic E-state index is 0.212. The molecule has 1 aromatic rings. The van der Waals surface area contributed by atoms with Gasteiger partial charge in [-0.05, 0) is 19.3 Å². The Kier molecular flexibility index (Phi) is 3.04. The van der Waals surface area contributed by atoms with Gasteiger partial charge in [-0.25, -0.2) is 4.98 Å². The summed E-state index contributed by atoms with van der Waals surface area (Å²) >= 11 is 0. The van der Waals surface area contributed by atoms with Crippen LogP contribution in [0.25, 0.3) is 0 Å². The molecule has 1 fully saturated rings. The van der Waals surface area contributed by atoms with E-state index in [1.54, 1.807) is 6.20 Å². The largest absolute Gasteiger partial charge is 0.342 e. The molecule has 1 aliphatic heterocycles. The first-order chi connectivity index (χ1) is 7.27. The van der Waals surface area contributed by atoms with Crippen molar-refractivity contribution in [2.75, 3.05) is 13.1 Å². The monoisotopic (exact) mass is 207 g/mol. The Labute approximate surface area is 89.9 Å². The number of nitrogens with zero attached hydrogens (tertiary/aromatic N) is 3. The van der Waals surface area contributed by atoms with Crippen molar-refractivity contribution in [1.82, 2.24) is 14.5 Å². The summed E-state index contributed by atoms with van der Waals surface area (Å²) in [4.78, 5) is 18.0. The number of aromatic nitrogens is 2. The van der Waals surface area contributed by atoms with Crippen LogP contribution in [0.4, 0.5) is 0 Å². The van der Waals surface area contributed by atoms with E-state index in [1.165, 1.54) is 6.42 Å². The lowest BCUT2D eigenvalue weighted by molar-refractivity contribution is -0.131. The van der Waals surface area contributed by atoms with E-state index in [0.717, 1.165) is 31.8 Å². The predicted octanol–water partition coefficient (Wildman–Crippen LogP) is 0.975. The minimum absolute atomic E-state index is 0.212. The summed E-state index contributed by atoms with van der Waals surface area (Å²) < 4.78 is 1.90. The Morgan fingerprint density at radius 1 is 1.40 bits per heavy atom. The Morgan fingerprint density at radius 3 is 2.73 bits per heavy atom. The number of imidazole rings is 1. The molecule has 4 heteroatoms. The average molecular weight is 207 g/mol. The molecule has 1 saturated heterocycles. The Hall–Kier alpha value is -1.32. The predicted molar refractivity (Wildman–Crippen MR) is 57.3 cm³/mol. The maximum atomic E-state index is 11.9. The molecule has 0 radical (unpaired) electrons. The number of rotatable bonds is 2. The van der Waals surface area contributed by atoms with Crippen molar-refractivity contribution in [3.8, 4) is 0 Å². The molecule has 2 rings (SSSR count). The first-order valence-electron chi connectivity index (χ1n) is 5.51. The zero-order valence-corrected chi connectivity index (χ0v) is 9.15. The highest BCUT2D eigenvalue weighted by molar-refractivity contribution is 5.78. The van der Waals surface area contributed by atoms with Gasteiger partial charge in [-0.1, -0.05) is 0 Å². The van der Waals surface area contributed by atoms with Crippen LogP contribution in [0.1, 0.15) is 25.1 Å². The smallest absolute Gasteiger partial charge is 0.230 e. The fourth-order valence-corrected chi connectivity index (χ4v) is 1.96. The van der Waals surface area contributed by atoms with Crippen LogP contribution in [-0.2, 0) is 18.3 Å². The number of carbonyl (C=O) groups excluding carboxylic acids is 1. The molecule has 1 aromatic heterocycles. The van der Waals surface area contributed by atoms with E-state index >= 15 is 0 Å². The molecular weight excluding hydrogens is 190 g/mol. The van der Waals surface area contributed by atoms with Gasteiger partial charge in [0, 0.05) is 32.5 Å². The number of likely N-dealkylation sites (tertiary alicyclic amines) is 1. The van der Waals surface area contributed by atoms with Crippen LogP contribution in [0.3, 0.4) is 0 Å². The molecular formula is C11H17N3O. The molecule has 4 nitrogen and oxygen atoms in total. The van der Waals surface area contributed by atoms with Gasteiger partial charge in [0.25, 0.3) is 0 Å². The summed E-state index contributed by atoms with van der Waals surface area (Å²) in [5, 5.41) is 0. The molecule has 82 valence electrons. The number of piperidine rings is 1. The zero-order chi connectivity index (χ0) is 10.7. The standard InChI is InChI=1S/C11H17N3O/c1-13-8-5-12-10(13)9-11(15)14-6-3-2-4-7-14/h5,8H,2-4,6-7,9H2,1H3. The van der Waals surface area contributed by atoms with Crippen molar-refractivity contribution in [1.29, 1.82) is 0 Å². The molecule has 1 amide bonds. The van der Waals surface area contributed by atoms with Crippen LogP contribution in [0.2, 0.25) is 0 Å². The summed E-state index contributed by atoms with van der Waals surface area (Å²) in [6, 6.07) is 0. The zero-order valence-electron chi connectivity index (χ0n) is 9.15. The highest BCUT2D eigenvalue weighted by Crippen LogP contribution is 2.10. The molecule has 2 heterocycles. The maximum absolute atomic E-state index is 11.9. The van der Waals surface area contributed by atoms with E-state index in [9.17, 15) is 4.79 Å². The van der Waals surface area contributed by atoms with Gasteiger partial charge in [0.1, 0.15) is 5.82 Å². The van der Waals surface area contributed by atoms with Crippen LogP contribution >= 0.6 is 0 Å². The van der Waals surface area contributed by atoms with E-state index in [0.29, 0.717) is 6.42 Å². The van der Waals surface area contributed by atoms with Crippen LogP contribution in [0.5, 0.6) is 0 Å². The molecule has 0 aromatic carbocycles. The van der Waals surface area contributed by atoms with E-state index in [-0.39, 0.29) is 5.91 Å². The number of carbonyl (C=O) groups is 1. The van der Waals surface area contributed by atoms with Crippen LogP contribution in [0.15, 0.2) is 12.4 Å². The molecule has 0 bridgehead atoms. The first-order valence-corrected chi connectivity index (χ1v) is 5.51. The van der Waals surface area contributed by atoms with Gasteiger partial charge in [-0.2, -0.15) is 0 Å². The molecule has 0 saturated carbocycles. The number of hydrogen-bond donors (Lipinski definition) is 0. The van der Waals surface area contributed by atoms with E-state index in [2.05, 4.69) is 4.98 Å². The van der Waals surface area contributed by atoms with Crippen LogP contribution in [-0.4, -0.2) is 33.4 Å². The highest BCUT2D eigenvalue weighted by Gasteiger charge is 2.17. The molecule has 0 aliphatic carbocycles. The SMILES string of the molecule is Cn1ccnc1CC(=O)N1CCCCC1. The lowest BCUT2D eigenvalue weighted by Gasteiger charge is -2.26. The number of amides is 1. The van der Waals surface area contributed by atoms with Crippen molar-refractivity contribution >= 4 is 5.91 Å². The van der Waals surface area contributed by atoms with Gasteiger partial charge < -0.3 is 9.47 Å². The van der Waals surface area contributed by atoms with E-state index in [4.69, 9.17) is 0 Å². The van der Waals surface area contributed by atoms with Gasteiger partial charge in [0.05, 0.1) is 6.42 Å². The Morgan fingerprint density at radius 2 is 2.13 bits per heavy atom. The van der Waals surface area contributed by atoms with Gasteiger partial charge in [0.2, 0.25) is 5.91 Å². The van der Waals surface area contributed by atoms with Gasteiger partial charge in [0.15, 0.2) is 0 Å². The van der Waals surface area contributed by atoms with Gasteiger partial charge in [-0.15, -0.1) is 0 Å². The number of hydrogen-bond acceptors (Lipinski definition) is 2. The lowest BCUT2D eigenvalue weighted by Crippen LogP contribution is -2.37. The fraction of sp³-hybridized carbons (Fsp3) is 0.636. The second-order valence-corrected chi connectivity index (χ2v) is 4.07. The third-order valence-corrected chi connectivity index (χ3v) is 2.94. The van der Waals surface area contributed by atoms with Gasteiger partial charge in [-0.3, -0.25) is 4.79 Å². The lowest BCUT2D eigenvalue weighted by atomic mass is 10.1. The Bertz CT molecular complexity index is 339. The summed E-state index contributed by atoms with van der Waals surface area (Å²) in [6.07, 6.45) is 7.59. The molecule has 0 unspecified atom stereocenters. The summed E-state index contributed by atoms with van der Waals surface area (Å²) in [6.45, 7) is 1.84. The summed E-state index contributed by atoms with van der Waals surface area (Å²) in [7, 11) is 1.92. The summed E-state index contributed by atoms with van der Waals surface area (Å²) in [5.41, 5.74) is 0. The van der Waals surface area contributed by atoms with Crippen molar-refractivity contribution in [3.05, 3.63) is 18.2 Å². The second-order valence-electron chi connectivity index (χ2n) is 4.07. The molecule has 0 atom stereocenters. The maximum Gasteiger partial charge on any atom is 0.230 e. The van der Waals surface area contributed by atoms with Crippen molar-refractivity contribution < 1.29 is 4.79 Å². The first kappa shape index (κ1) is 10.2. The quantitative estimate of drug-likeness (QED) is 0.725. The fourth-order valence-electron chi connectivity index (χ4n) is 1.96. The van der Waals surface area contributed by atoms with Crippen molar-refractivity contribution in [2.45, 2.75) is 25.7 Å². The van der Waals surface area contributed by atoms with Crippen molar-refractivity contribution in [2.24, 2.45) is 7.05 Å². The topological polar surface area (TPSA) is 38.1 Å². The second kappa shape index (κ2) is 4.47. The number of aryl methyl sites for hydroxylation is 1. The average Bonchev–Trinajstić information content (AvgIpc) is 2.66. The normalized spacial score (nSPS) is 16.7. The van der Waals surface area contributed by atoms with Crippen LogP contribution < -0.4 is 0 Å². The molecule has 0 spiro atoms. The Balaban J connectivity index is 1.94.